The molecule has 0 aliphatic rings. The maximum absolute atomic E-state index is 12.1. The van der Waals surface area contributed by atoms with Gasteiger partial charge in [-0.15, -0.1) is 0 Å². The summed E-state index contributed by atoms with van der Waals surface area (Å²) in [7, 11) is 2.54. The smallest absolute Gasteiger partial charge is 0.328 e. The normalized spacial score (nSPS) is 13.0. The van der Waals surface area contributed by atoms with Gasteiger partial charge < -0.3 is 30.7 Å². The summed E-state index contributed by atoms with van der Waals surface area (Å²) in [5.74, 6) is -2.46. The molecule has 246 valence electrons. The molecule has 0 saturated heterocycles. The molecule has 0 saturated carbocycles. The molecular weight excluding hydrogens is 580 g/mol. The SMILES string of the molecule is CC[C@H](NC(=O)[C@H](C)NC(=O)Cc1ccccc1)C(=O)OC.COC(=O)[C@@H](NC(=O)[C@H](C)NC(=O)Cc1ccccc1)C(C)C. The van der Waals surface area contributed by atoms with Gasteiger partial charge in [0.25, 0.3) is 0 Å². The minimum Gasteiger partial charge on any atom is -0.467 e. The number of hydrogen-bond acceptors (Lipinski definition) is 8. The Balaban J connectivity index is 0.000000450. The minimum atomic E-state index is -0.739. The summed E-state index contributed by atoms with van der Waals surface area (Å²) in [5.41, 5.74) is 1.74. The molecule has 4 atom stereocenters. The van der Waals surface area contributed by atoms with Gasteiger partial charge in [0.1, 0.15) is 24.2 Å². The average molecular weight is 627 g/mol. The Morgan fingerprint density at radius 2 is 1.00 bits per heavy atom. The number of rotatable bonds is 14. The lowest BCUT2D eigenvalue weighted by atomic mass is 10.0. The number of hydrogen-bond donors (Lipinski definition) is 4. The maximum atomic E-state index is 12.1. The summed E-state index contributed by atoms with van der Waals surface area (Å²) >= 11 is 0. The molecule has 0 aromatic heterocycles. The molecule has 45 heavy (non-hydrogen) atoms. The fourth-order valence-corrected chi connectivity index (χ4v) is 3.95. The highest BCUT2D eigenvalue weighted by molar-refractivity contribution is 5.91. The van der Waals surface area contributed by atoms with Gasteiger partial charge in [0.05, 0.1) is 27.1 Å². The Bertz CT molecular complexity index is 1250. The van der Waals surface area contributed by atoms with Crippen LogP contribution in [0, 0.1) is 5.92 Å². The quantitative estimate of drug-likeness (QED) is 0.230. The Labute approximate surface area is 265 Å². The number of carbonyl (C=O) groups excluding carboxylic acids is 6. The van der Waals surface area contributed by atoms with E-state index in [0.29, 0.717) is 6.42 Å². The molecular formula is C33H46N4O8. The zero-order valence-corrected chi connectivity index (χ0v) is 27.0. The number of amides is 4. The van der Waals surface area contributed by atoms with Crippen LogP contribution < -0.4 is 21.3 Å². The van der Waals surface area contributed by atoms with Gasteiger partial charge in [-0.3, -0.25) is 19.2 Å². The molecule has 0 fully saturated rings. The van der Waals surface area contributed by atoms with Crippen molar-refractivity contribution < 1.29 is 38.2 Å². The van der Waals surface area contributed by atoms with Gasteiger partial charge in [-0.25, -0.2) is 9.59 Å². The van der Waals surface area contributed by atoms with E-state index in [2.05, 4.69) is 30.7 Å². The first-order valence-electron chi connectivity index (χ1n) is 14.8. The summed E-state index contributed by atoms with van der Waals surface area (Å²) in [4.78, 5) is 71.1. The molecule has 0 heterocycles. The van der Waals surface area contributed by atoms with Crippen LogP contribution in [0.1, 0.15) is 52.2 Å². The molecule has 4 amide bonds. The molecule has 12 nitrogen and oxygen atoms in total. The highest BCUT2D eigenvalue weighted by atomic mass is 16.5. The molecule has 2 aromatic carbocycles. The highest BCUT2D eigenvalue weighted by Crippen LogP contribution is 2.05. The van der Waals surface area contributed by atoms with Crippen LogP contribution >= 0.6 is 0 Å². The number of methoxy groups -OCH3 is 2. The summed E-state index contributed by atoms with van der Waals surface area (Å²) in [5, 5.41) is 10.4. The van der Waals surface area contributed by atoms with Crippen molar-refractivity contribution in [1.29, 1.82) is 0 Å². The third kappa shape index (κ3) is 14.5. The second-order valence-electron chi connectivity index (χ2n) is 10.6. The van der Waals surface area contributed by atoms with Gasteiger partial charge in [0.2, 0.25) is 23.6 Å². The van der Waals surface area contributed by atoms with Crippen molar-refractivity contribution in [3.63, 3.8) is 0 Å². The molecule has 0 radical (unpaired) electrons. The fourth-order valence-electron chi connectivity index (χ4n) is 3.95. The van der Waals surface area contributed by atoms with Crippen molar-refractivity contribution in [1.82, 2.24) is 21.3 Å². The molecule has 2 aromatic rings. The highest BCUT2D eigenvalue weighted by Gasteiger charge is 2.27. The van der Waals surface area contributed by atoms with Crippen LogP contribution in [-0.4, -0.2) is 74.0 Å². The Morgan fingerprint density at radius 1 is 0.600 bits per heavy atom. The molecule has 0 aliphatic heterocycles. The van der Waals surface area contributed by atoms with Crippen LogP contribution in [0.25, 0.3) is 0 Å². The van der Waals surface area contributed by atoms with Crippen molar-refractivity contribution in [3.8, 4) is 0 Å². The fraction of sp³-hybridized carbons (Fsp3) is 0.455. The van der Waals surface area contributed by atoms with E-state index in [9.17, 15) is 28.8 Å². The maximum Gasteiger partial charge on any atom is 0.328 e. The van der Waals surface area contributed by atoms with E-state index in [4.69, 9.17) is 0 Å². The minimum absolute atomic E-state index is 0.112. The van der Waals surface area contributed by atoms with Gasteiger partial charge in [-0.2, -0.15) is 0 Å². The molecule has 4 N–H and O–H groups in total. The van der Waals surface area contributed by atoms with Crippen molar-refractivity contribution in [2.24, 2.45) is 5.92 Å². The van der Waals surface area contributed by atoms with Gasteiger partial charge in [0, 0.05) is 0 Å². The first-order valence-corrected chi connectivity index (χ1v) is 14.8. The Kier molecular flexibility index (Phi) is 17.2. The van der Waals surface area contributed by atoms with Crippen LogP contribution in [0.15, 0.2) is 60.7 Å². The second-order valence-corrected chi connectivity index (χ2v) is 10.6. The molecule has 0 unspecified atom stereocenters. The monoisotopic (exact) mass is 626 g/mol. The van der Waals surface area contributed by atoms with E-state index in [-0.39, 0.29) is 30.6 Å². The Hall–Kier alpha value is -4.74. The van der Waals surface area contributed by atoms with Crippen LogP contribution in [0.2, 0.25) is 0 Å². The summed E-state index contributed by atoms with van der Waals surface area (Å²) < 4.78 is 9.28. The van der Waals surface area contributed by atoms with Crippen molar-refractivity contribution in [2.45, 2.75) is 78.0 Å². The van der Waals surface area contributed by atoms with Crippen LogP contribution in [0.4, 0.5) is 0 Å². The molecule has 0 aliphatic carbocycles. The van der Waals surface area contributed by atoms with Crippen LogP contribution in [-0.2, 0) is 51.1 Å². The topological polar surface area (TPSA) is 169 Å². The molecule has 0 spiro atoms. The summed E-state index contributed by atoms with van der Waals surface area (Å²) in [6, 6.07) is 15.6. The van der Waals surface area contributed by atoms with E-state index < -0.39 is 47.9 Å². The molecule has 0 bridgehead atoms. The number of nitrogens with one attached hydrogen (secondary N) is 4. The van der Waals surface area contributed by atoms with E-state index in [1.165, 1.54) is 14.2 Å². The first kappa shape index (κ1) is 38.3. The van der Waals surface area contributed by atoms with Crippen LogP contribution in [0.5, 0.6) is 0 Å². The second kappa shape index (κ2) is 20.3. The third-order valence-electron chi connectivity index (χ3n) is 6.59. The van der Waals surface area contributed by atoms with Gasteiger partial charge >= 0.3 is 11.9 Å². The third-order valence-corrected chi connectivity index (χ3v) is 6.59. The van der Waals surface area contributed by atoms with E-state index in [0.717, 1.165) is 11.1 Å². The number of ether oxygens (including phenoxy) is 2. The van der Waals surface area contributed by atoms with Gasteiger partial charge in [-0.05, 0) is 37.3 Å². The van der Waals surface area contributed by atoms with Crippen molar-refractivity contribution in [2.75, 3.05) is 14.2 Å². The zero-order chi connectivity index (χ0) is 33.9. The number of esters is 2. The van der Waals surface area contributed by atoms with Crippen molar-refractivity contribution >= 4 is 35.6 Å². The lowest BCUT2D eigenvalue weighted by molar-refractivity contribution is -0.146. The lowest BCUT2D eigenvalue weighted by Gasteiger charge is -2.22. The van der Waals surface area contributed by atoms with Crippen LogP contribution in [0.3, 0.4) is 0 Å². The zero-order valence-electron chi connectivity index (χ0n) is 27.0. The molecule has 2 rings (SSSR count). The predicted octanol–water partition coefficient (Wildman–Crippen LogP) is 1.85. The molecule has 12 heteroatoms. The van der Waals surface area contributed by atoms with Crippen molar-refractivity contribution in [3.05, 3.63) is 71.8 Å². The van der Waals surface area contributed by atoms with E-state index >= 15 is 0 Å². The van der Waals surface area contributed by atoms with Gasteiger partial charge in [0.15, 0.2) is 0 Å². The van der Waals surface area contributed by atoms with E-state index in [1.807, 2.05) is 60.7 Å². The predicted molar refractivity (Wildman–Crippen MR) is 169 cm³/mol. The van der Waals surface area contributed by atoms with E-state index in [1.54, 1.807) is 34.6 Å². The Morgan fingerprint density at radius 3 is 1.36 bits per heavy atom. The van der Waals surface area contributed by atoms with Gasteiger partial charge in [-0.1, -0.05) is 81.4 Å². The summed E-state index contributed by atoms with van der Waals surface area (Å²) in [6.45, 7) is 8.52. The standard InChI is InChI=1S/C17H24N2O4.C16H22N2O4/c1-11(2)15(17(22)23-4)19-16(21)12(3)18-14(20)10-13-8-6-5-7-9-13;1-4-13(16(21)22-3)18-15(20)11(2)17-14(19)10-12-8-6-5-7-9-12/h5-9,11-12,15H,10H2,1-4H3,(H,18,20)(H,19,21);5-9,11,13H,4,10H2,1-3H3,(H,17,19)(H,18,20)/t12-,15-;11-,13-/m00/s1. The average Bonchev–Trinajstić information content (AvgIpc) is 3.02. The summed E-state index contributed by atoms with van der Waals surface area (Å²) in [6.07, 6.45) is 0.818. The lowest BCUT2D eigenvalue weighted by Crippen LogP contribution is -2.52. The largest absolute Gasteiger partial charge is 0.467 e. The number of benzene rings is 2. The number of carbonyl (C=O) groups is 6. The first-order chi connectivity index (χ1) is 21.3.